The van der Waals surface area contributed by atoms with Gasteiger partial charge in [-0.15, -0.1) is 0 Å². The van der Waals surface area contributed by atoms with Gasteiger partial charge < -0.3 is 14.7 Å². The summed E-state index contributed by atoms with van der Waals surface area (Å²) in [4.78, 5) is 24.5. The van der Waals surface area contributed by atoms with Crippen LogP contribution in [-0.4, -0.2) is 53.6 Å². The van der Waals surface area contributed by atoms with Crippen LogP contribution in [-0.2, 0) is 14.3 Å². The molecule has 0 saturated carbocycles. The number of aliphatic hydroxyl groups is 1. The third-order valence-corrected chi connectivity index (χ3v) is 5.74. The minimum Gasteiger partial charge on any atom is -0.469 e. The van der Waals surface area contributed by atoms with E-state index < -0.39 is 30.4 Å². The summed E-state index contributed by atoms with van der Waals surface area (Å²) in [5.74, 6) is 1.07. The molecule has 180 valence electrons. The molecule has 2 rings (SSSR count). The van der Waals surface area contributed by atoms with Gasteiger partial charge >= 0.3 is 11.9 Å². The van der Waals surface area contributed by atoms with Gasteiger partial charge in [0.2, 0.25) is 0 Å². The number of unbranched alkanes of at least 4 members (excludes halogenated alkanes) is 3. The molecule has 1 N–H and O–H groups in total. The van der Waals surface area contributed by atoms with E-state index in [1.165, 1.54) is 24.2 Å². The lowest BCUT2D eigenvalue weighted by molar-refractivity contribution is -0.148. The Hall–Kier alpha value is -2.72. The summed E-state index contributed by atoms with van der Waals surface area (Å²) in [5, 5.41) is 10.4. The number of aliphatic hydroxyl groups excluding tert-OH is 1. The molecule has 0 radical (unpaired) electrons. The molecule has 33 heavy (non-hydrogen) atoms. The Morgan fingerprint density at radius 3 is 2.67 bits per heavy atom. The van der Waals surface area contributed by atoms with E-state index in [-0.39, 0.29) is 18.4 Å². The van der Waals surface area contributed by atoms with Crippen LogP contribution in [0.1, 0.15) is 57.4 Å². The number of methoxy groups -OCH3 is 1. The molecular formula is C26H33F2NO4. The molecule has 0 spiro atoms. The fourth-order valence-electron chi connectivity index (χ4n) is 3.66. The topological polar surface area (TPSA) is 66.8 Å². The van der Waals surface area contributed by atoms with Crippen LogP contribution in [0.4, 0.5) is 8.78 Å². The maximum Gasteiger partial charge on any atom is 0.327 e. The van der Waals surface area contributed by atoms with Gasteiger partial charge in [-0.05, 0) is 30.9 Å². The highest BCUT2D eigenvalue weighted by Gasteiger charge is 2.52. The Morgan fingerprint density at radius 1 is 1.27 bits per heavy atom. The largest absolute Gasteiger partial charge is 0.469 e. The zero-order valence-electron chi connectivity index (χ0n) is 19.3. The van der Waals surface area contributed by atoms with Crippen molar-refractivity contribution in [2.45, 2.75) is 69.9 Å². The number of benzene rings is 1. The Labute approximate surface area is 194 Å². The van der Waals surface area contributed by atoms with E-state index >= 15 is 0 Å². The fourth-order valence-corrected chi connectivity index (χ4v) is 3.66. The number of carbonyl (C=O) groups excluding carboxylic acids is 2. The zero-order valence-corrected chi connectivity index (χ0v) is 19.3. The molecule has 1 aliphatic heterocycles. The lowest BCUT2D eigenvalue weighted by Gasteiger charge is -2.22. The third kappa shape index (κ3) is 8.62. The smallest absolute Gasteiger partial charge is 0.327 e. The first-order valence-corrected chi connectivity index (χ1v) is 11.4. The van der Waals surface area contributed by atoms with E-state index in [9.17, 15) is 23.5 Å². The van der Waals surface area contributed by atoms with Crippen LogP contribution in [0.15, 0.2) is 42.5 Å². The lowest BCUT2D eigenvalue weighted by atomic mass is 9.99. The number of likely N-dealkylation sites (tertiary alicyclic amines) is 1. The van der Waals surface area contributed by atoms with E-state index in [2.05, 4.69) is 16.6 Å². The first kappa shape index (κ1) is 26.5. The average molecular weight is 462 g/mol. The van der Waals surface area contributed by atoms with Gasteiger partial charge in [0.1, 0.15) is 0 Å². The molecule has 2 unspecified atom stereocenters. The Balaban J connectivity index is 1.85. The molecule has 1 heterocycles. The highest BCUT2D eigenvalue weighted by molar-refractivity contribution is 5.86. The van der Waals surface area contributed by atoms with Crippen molar-refractivity contribution in [1.29, 1.82) is 0 Å². The molecule has 1 amide bonds. The van der Waals surface area contributed by atoms with Crippen molar-refractivity contribution >= 4 is 11.9 Å². The summed E-state index contributed by atoms with van der Waals surface area (Å²) >= 11 is 0. The number of hydrogen-bond donors (Lipinski definition) is 1. The normalized spacial score (nSPS) is 19.2. The van der Waals surface area contributed by atoms with E-state index in [4.69, 9.17) is 0 Å². The van der Waals surface area contributed by atoms with E-state index in [0.29, 0.717) is 25.7 Å². The van der Waals surface area contributed by atoms with Gasteiger partial charge in [-0.2, -0.15) is 8.78 Å². The maximum absolute atomic E-state index is 14.0. The van der Waals surface area contributed by atoms with Crippen LogP contribution >= 0.6 is 0 Å². The number of carbonyl (C=O) groups is 2. The zero-order chi connectivity index (χ0) is 24.3. The minimum absolute atomic E-state index is 0.182. The van der Waals surface area contributed by atoms with Crippen LogP contribution < -0.4 is 0 Å². The number of hydrogen-bond acceptors (Lipinski definition) is 4. The predicted molar refractivity (Wildman–Crippen MR) is 122 cm³/mol. The monoisotopic (exact) mass is 461 g/mol. The quantitative estimate of drug-likeness (QED) is 0.230. The molecule has 1 aromatic rings. The van der Waals surface area contributed by atoms with Crippen molar-refractivity contribution in [3.8, 4) is 11.8 Å². The summed E-state index contributed by atoms with van der Waals surface area (Å²) in [6.07, 6.45) is 5.08. The molecule has 1 fully saturated rings. The highest BCUT2D eigenvalue weighted by Crippen LogP contribution is 2.34. The SMILES string of the molecule is COC(=O)CCCCCCN1C(=O)C(F)(F)C[C@@H]1/C=C/C(O)C(C)CC#Cc1ccccc1. The van der Waals surface area contributed by atoms with Gasteiger partial charge in [-0.1, -0.05) is 62.0 Å². The highest BCUT2D eigenvalue weighted by atomic mass is 19.3. The molecule has 7 heteroatoms. The number of amides is 1. The third-order valence-electron chi connectivity index (χ3n) is 5.74. The number of esters is 1. The molecule has 1 aromatic carbocycles. The van der Waals surface area contributed by atoms with Gasteiger partial charge in [0, 0.05) is 31.4 Å². The summed E-state index contributed by atoms with van der Waals surface area (Å²) in [6.45, 7) is 2.06. The first-order chi connectivity index (χ1) is 15.7. The molecule has 3 atom stereocenters. The van der Waals surface area contributed by atoms with Crippen LogP contribution in [0, 0.1) is 17.8 Å². The van der Waals surface area contributed by atoms with Gasteiger partial charge in [0.15, 0.2) is 0 Å². The second-order valence-corrected chi connectivity index (χ2v) is 8.44. The summed E-state index contributed by atoms with van der Waals surface area (Å²) in [7, 11) is 1.34. The Kier molecular flexibility index (Phi) is 10.5. The Morgan fingerprint density at radius 2 is 1.97 bits per heavy atom. The molecular weight excluding hydrogens is 428 g/mol. The van der Waals surface area contributed by atoms with Gasteiger partial charge in [0.05, 0.1) is 19.3 Å². The summed E-state index contributed by atoms with van der Waals surface area (Å²) in [6, 6.07) is 8.77. The lowest BCUT2D eigenvalue weighted by Crippen LogP contribution is -2.36. The van der Waals surface area contributed by atoms with E-state index in [1.54, 1.807) is 0 Å². The Bertz CT molecular complexity index is 860. The van der Waals surface area contributed by atoms with Crippen LogP contribution in [0.5, 0.6) is 0 Å². The average Bonchev–Trinajstić information content (AvgIpc) is 3.02. The maximum atomic E-state index is 14.0. The van der Waals surface area contributed by atoms with Gasteiger partial charge in [0.25, 0.3) is 5.91 Å². The predicted octanol–water partition coefficient (Wildman–Crippen LogP) is 4.34. The second kappa shape index (κ2) is 13.1. The standard InChI is InChI=1S/C26H33F2NO4/c1-20(11-10-14-21-12-6-5-7-13-21)23(30)17-16-22-19-26(27,28)25(32)29(22)18-9-4-3-8-15-24(31)33-2/h5-7,12-13,16-17,20,22-23,30H,3-4,8-9,11,15,18-19H2,1-2H3/b17-16+/t20?,22-,23?/m0/s1. The second-order valence-electron chi connectivity index (χ2n) is 8.44. The number of halogens is 2. The van der Waals surface area contributed by atoms with Crippen molar-refractivity contribution in [2.24, 2.45) is 5.92 Å². The molecule has 0 aromatic heterocycles. The molecule has 0 aliphatic carbocycles. The number of nitrogens with zero attached hydrogens (tertiary/aromatic N) is 1. The van der Waals surface area contributed by atoms with Crippen LogP contribution in [0.25, 0.3) is 0 Å². The first-order valence-electron chi connectivity index (χ1n) is 11.4. The van der Waals surface area contributed by atoms with Gasteiger partial charge in [-0.3, -0.25) is 9.59 Å². The summed E-state index contributed by atoms with van der Waals surface area (Å²) < 4.78 is 32.7. The molecule has 0 bridgehead atoms. The van der Waals surface area contributed by atoms with Gasteiger partial charge in [-0.25, -0.2) is 0 Å². The fraction of sp³-hybridized carbons (Fsp3) is 0.538. The van der Waals surface area contributed by atoms with E-state index in [0.717, 1.165) is 18.4 Å². The van der Waals surface area contributed by atoms with Crippen molar-refractivity contribution < 1.29 is 28.2 Å². The minimum atomic E-state index is -3.39. The van der Waals surface area contributed by atoms with Crippen molar-refractivity contribution in [1.82, 2.24) is 4.90 Å². The number of alkyl halides is 2. The van der Waals surface area contributed by atoms with E-state index in [1.807, 2.05) is 37.3 Å². The number of ether oxygens (including phenoxy) is 1. The number of rotatable bonds is 11. The molecule has 1 aliphatic rings. The van der Waals surface area contributed by atoms with Crippen molar-refractivity contribution in [3.63, 3.8) is 0 Å². The van der Waals surface area contributed by atoms with Crippen LogP contribution in [0.2, 0.25) is 0 Å². The summed E-state index contributed by atoms with van der Waals surface area (Å²) in [5.41, 5.74) is 0.891. The van der Waals surface area contributed by atoms with Crippen molar-refractivity contribution in [2.75, 3.05) is 13.7 Å². The molecule has 1 saturated heterocycles. The van der Waals surface area contributed by atoms with Crippen molar-refractivity contribution in [3.05, 3.63) is 48.0 Å². The van der Waals surface area contributed by atoms with Crippen LogP contribution in [0.3, 0.4) is 0 Å². The molecule has 5 nitrogen and oxygen atoms in total.